The molecule has 0 spiro atoms. The van der Waals surface area contributed by atoms with Crippen LogP contribution in [0.25, 0.3) is 0 Å². The van der Waals surface area contributed by atoms with Gasteiger partial charge in [0, 0.05) is 61.7 Å². The number of aromatic nitrogens is 2. The summed E-state index contributed by atoms with van der Waals surface area (Å²) >= 11 is 0. The Balaban J connectivity index is 1.47. The lowest BCUT2D eigenvalue weighted by molar-refractivity contribution is 0.0940. The number of ketones is 1. The molecule has 1 fully saturated rings. The third-order valence-electron chi connectivity index (χ3n) is 6.57. The van der Waals surface area contributed by atoms with Gasteiger partial charge in [-0.1, -0.05) is 34.1 Å². The Bertz CT molecular complexity index is 959. The van der Waals surface area contributed by atoms with E-state index in [0.717, 1.165) is 82.0 Å². The number of unbranched alkanes of at least 4 members (excludes halogenated alkanes) is 1. The number of carbonyl (C=O) groups is 1. The molecule has 0 saturated carbocycles. The number of carbonyl (C=O) groups excluding carboxylic acids is 1. The van der Waals surface area contributed by atoms with E-state index in [9.17, 15) is 4.79 Å². The number of aryl methyl sites for hydroxylation is 1. The van der Waals surface area contributed by atoms with Crippen molar-refractivity contribution in [2.75, 3.05) is 55.2 Å². The van der Waals surface area contributed by atoms with Crippen molar-refractivity contribution in [1.82, 2.24) is 14.9 Å². The molecule has 1 aliphatic rings. The highest BCUT2D eigenvalue weighted by atomic mass is 16.1. The van der Waals surface area contributed by atoms with Crippen molar-refractivity contribution in [1.29, 1.82) is 0 Å². The highest BCUT2D eigenvalue weighted by Crippen LogP contribution is 2.24. The summed E-state index contributed by atoms with van der Waals surface area (Å²) in [6.07, 6.45) is 4.85. The molecule has 1 aromatic carbocycles. The monoisotopic (exact) mass is 480 g/mol. The third kappa shape index (κ3) is 8.20. The lowest BCUT2D eigenvalue weighted by atomic mass is 9.88. The highest BCUT2D eigenvalue weighted by Gasteiger charge is 2.20. The maximum absolute atomic E-state index is 12.5. The molecule has 0 amide bonds. The number of nitrogen functional groups attached to an aromatic ring is 1. The van der Waals surface area contributed by atoms with Gasteiger partial charge in [-0.15, -0.1) is 0 Å². The first-order valence-electron chi connectivity index (χ1n) is 13.1. The summed E-state index contributed by atoms with van der Waals surface area (Å²) in [6, 6.07) is 8.17. The summed E-state index contributed by atoms with van der Waals surface area (Å²) in [5.41, 5.74) is 10.1. The third-order valence-corrected chi connectivity index (χ3v) is 6.57. The van der Waals surface area contributed by atoms with Gasteiger partial charge in [0.2, 0.25) is 5.95 Å². The maximum Gasteiger partial charge on any atom is 0.222 e. The second-order valence-corrected chi connectivity index (χ2v) is 10.9. The normalized spacial score (nSPS) is 14.8. The van der Waals surface area contributed by atoms with Crippen LogP contribution in [0.5, 0.6) is 0 Å². The van der Waals surface area contributed by atoms with Gasteiger partial charge < -0.3 is 16.0 Å². The van der Waals surface area contributed by atoms with Crippen LogP contribution in [0, 0.1) is 12.3 Å². The first-order chi connectivity index (χ1) is 16.7. The van der Waals surface area contributed by atoms with E-state index in [4.69, 9.17) is 5.73 Å². The lowest BCUT2D eigenvalue weighted by Gasteiger charge is -2.36. The zero-order valence-corrected chi connectivity index (χ0v) is 22.4. The molecule has 0 atom stereocenters. The molecule has 0 radical (unpaired) electrons. The van der Waals surface area contributed by atoms with Crippen LogP contribution >= 0.6 is 0 Å². The number of nitrogens with one attached hydrogen (secondary N) is 1. The minimum atomic E-state index is 0.0127. The summed E-state index contributed by atoms with van der Waals surface area (Å²) in [6.45, 7) is 16.6. The molecule has 35 heavy (non-hydrogen) atoms. The molecule has 2 heterocycles. The van der Waals surface area contributed by atoms with Crippen LogP contribution in [-0.4, -0.2) is 59.9 Å². The van der Waals surface area contributed by atoms with E-state index in [2.05, 4.69) is 64.9 Å². The SMILES string of the molecule is CCCCNc1nc(N)nc(C)c1CCCN1CCN(c2ccc(C(=O)CC(C)(C)C)cc2)CC1. The van der Waals surface area contributed by atoms with Crippen LogP contribution in [0.15, 0.2) is 24.3 Å². The van der Waals surface area contributed by atoms with Gasteiger partial charge in [-0.25, -0.2) is 4.98 Å². The first-order valence-corrected chi connectivity index (χ1v) is 13.1. The van der Waals surface area contributed by atoms with Crippen LogP contribution in [-0.2, 0) is 6.42 Å². The Morgan fingerprint density at radius 1 is 1.06 bits per heavy atom. The molecule has 7 nitrogen and oxygen atoms in total. The molecular formula is C28H44N6O. The summed E-state index contributed by atoms with van der Waals surface area (Å²) in [4.78, 5) is 26.3. The van der Waals surface area contributed by atoms with Crippen molar-refractivity contribution < 1.29 is 4.79 Å². The molecular weight excluding hydrogens is 436 g/mol. The highest BCUT2D eigenvalue weighted by molar-refractivity contribution is 5.96. The second-order valence-electron chi connectivity index (χ2n) is 10.9. The minimum absolute atomic E-state index is 0.0127. The fourth-order valence-corrected chi connectivity index (χ4v) is 4.60. The minimum Gasteiger partial charge on any atom is -0.370 e. The van der Waals surface area contributed by atoms with Gasteiger partial charge in [0.05, 0.1) is 0 Å². The summed E-state index contributed by atoms with van der Waals surface area (Å²) in [5.74, 6) is 1.46. The Morgan fingerprint density at radius 3 is 2.37 bits per heavy atom. The fourth-order valence-electron chi connectivity index (χ4n) is 4.60. The molecule has 0 bridgehead atoms. The summed E-state index contributed by atoms with van der Waals surface area (Å²) in [7, 11) is 0. The Labute approximate surface area is 211 Å². The van der Waals surface area contributed by atoms with Gasteiger partial charge in [-0.05, 0) is 62.4 Å². The smallest absolute Gasteiger partial charge is 0.222 e. The standard InChI is InChI=1S/C28H44N6O/c1-6-7-14-30-26-24(21(2)31-27(29)32-26)9-8-15-33-16-18-34(19-17-33)23-12-10-22(11-13-23)25(35)20-28(3,4)5/h10-13H,6-9,14-20H2,1-5H3,(H3,29,30,31,32). The number of rotatable bonds is 11. The average Bonchev–Trinajstić information content (AvgIpc) is 2.80. The number of piperazine rings is 1. The van der Waals surface area contributed by atoms with Crippen molar-refractivity contribution in [3.63, 3.8) is 0 Å². The lowest BCUT2D eigenvalue weighted by Crippen LogP contribution is -2.46. The van der Waals surface area contributed by atoms with E-state index in [1.165, 1.54) is 11.3 Å². The van der Waals surface area contributed by atoms with E-state index in [-0.39, 0.29) is 11.2 Å². The van der Waals surface area contributed by atoms with E-state index >= 15 is 0 Å². The Hall–Kier alpha value is -2.67. The first kappa shape index (κ1) is 26.9. The van der Waals surface area contributed by atoms with Crippen LogP contribution in [0.1, 0.15) is 75.0 Å². The molecule has 3 rings (SSSR count). The van der Waals surface area contributed by atoms with Gasteiger partial charge in [-0.3, -0.25) is 9.69 Å². The number of Topliss-reactive ketones (excluding diaryl/α,β-unsaturated/α-hetero) is 1. The zero-order valence-electron chi connectivity index (χ0n) is 22.4. The van der Waals surface area contributed by atoms with E-state index in [1.54, 1.807) is 0 Å². The molecule has 192 valence electrons. The molecule has 7 heteroatoms. The molecule has 1 aromatic heterocycles. The number of anilines is 3. The molecule has 2 aromatic rings. The van der Waals surface area contributed by atoms with E-state index in [1.807, 2.05) is 19.1 Å². The average molecular weight is 481 g/mol. The van der Waals surface area contributed by atoms with Crippen LogP contribution < -0.4 is 16.0 Å². The maximum atomic E-state index is 12.5. The largest absolute Gasteiger partial charge is 0.370 e. The van der Waals surface area contributed by atoms with E-state index in [0.29, 0.717) is 12.4 Å². The number of nitrogens with zero attached hydrogens (tertiary/aromatic N) is 4. The summed E-state index contributed by atoms with van der Waals surface area (Å²) in [5, 5.41) is 3.46. The number of nitrogens with two attached hydrogens (primary N) is 1. The molecule has 3 N–H and O–H groups in total. The Kier molecular flexibility index (Phi) is 9.49. The van der Waals surface area contributed by atoms with Crippen molar-refractivity contribution in [2.24, 2.45) is 5.41 Å². The molecule has 0 aliphatic carbocycles. The number of benzene rings is 1. The quantitative estimate of drug-likeness (QED) is 0.347. The van der Waals surface area contributed by atoms with E-state index < -0.39 is 0 Å². The number of hydrogen-bond acceptors (Lipinski definition) is 7. The zero-order chi connectivity index (χ0) is 25.4. The van der Waals surface area contributed by atoms with Crippen molar-refractivity contribution in [3.8, 4) is 0 Å². The van der Waals surface area contributed by atoms with Crippen molar-refractivity contribution >= 4 is 23.2 Å². The number of hydrogen-bond donors (Lipinski definition) is 2. The second kappa shape index (κ2) is 12.3. The Morgan fingerprint density at radius 2 is 1.74 bits per heavy atom. The molecule has 0 unspecified atom stereocenters. The van der Waals surface area contributed by atoms with Gasteiger partial charge in [0.15, 0.2) is 5.78 Å². The molecule has 1 aliphatic heterocycles. The van der Waals surface area contributed by atoms with Gasteiger partial charge in [-0.2, -0.15) is 4.98 Å². The van der Waals surface area contributed by atoms with Crippen LogP contribution in [0.3, 0.4) is 0 Å². The predicted molar refractivity (Wildman–Crippen MR) is 146 cm³/mol. The van der Waals surface area contributed by atoms with Gasteiger partial charge in [0.1, 0.15) is 5.82 Å². The molecule has 1 saturated heterocycles. The van der Waals surface area contributed by atoms with Crippen LogP contribution in [0.4, 0.5) is 17.5 Å². The fraction of sp³-hybridized carbons (Fsp3) is 0.607. The van der Waals surface area contributed by atoms with Gasteiger partial charge in [0.25, 0.3) is 0 Å². The van der Waals surface area contributed by atoms with Crippen molar-refractivity contribution in [2.45, 2.75) is 66.7 Å². The van der Waals surface area contributed by atoms with Crippen molar-refractivity contribution in [3.05, 3.63) is 41.1 Å². The predicted octanol–water partition coefficient (Wildman–Crippen LogP) is 4.95. The van der Waals surface area contributed by atoms with Gasteiger partial charge >= 0.3 is 0 Å². The van der Waals surface area contributed by atoms with Crippen LogP contribution in [0.2, 0.25) is 0 Å². The summed E-state index contributed by atoms with van der Waals surface area (Å²) < 4.78 is 0. The topological polar surface area (TPSA) is 87.4 Å².